The number of imidazole rings is 1. The number of hydrogen-bond donors (Lipinski definition) is 2. The fraction of sp³-hybridized carbons (Fsp3) is 0.158. The van der Waals surface area contributed by atoms with Crippen molar-refractivity contribution >= 4 is 16.7 Å². The lowest BCUT2D eigenvalue weighted by Crippen LogP contribution is -2.10. The van der Waals surface area contributed by atoms with Gasteiger partial charge in [-0.2, -0.15) is 5.26 Å². The van der Waals surface area contributed by atoms with Crippen molar-refractivity contribution < 1.29 is 4.42 Å². The number of benzene rings is 2. The van der Waals surface area contributed by atoms with Crippen molar-refractivity contribution in [3.05, 3.63) is 48.3 Å². The zero-order valence-corrected chi connectivity index (χ0v) is 14.3. The molecule has 128 valence electrons. The maximum absolute atomic E-state index is 9.40. The van der Waals surface area contributed by atoms with Crippen LogP contribution in [0.5, 0.6) is 0 Å². The van der Waals surface area contributed by atoms with Crippen LogP contribution >= 0.6 is 0 Å². The number of aromatic amines is 1. The third-order valence-electron chi connectivity index (χ3n) is 3.92. The second-order valence-corrected chi connectivity index (χ2v) is 6.22. The molecular weight excluding hydrogens is 328 g/mol. The van der Waals surface area contributed by atoms with Crippen LogP contribution in [0.2, 0.25) is 0 Å². The summed E-state index contributed by atoms with van der Waals surface area (Å²) in [4.78, 5) is 7.28. The zero-order chi connectivity index (χ0) is 18.1. The maximum atomic E-state index is 9.40. The molecule has 2 N–H and O–H groups in total. The Morgan fingerprint density at radius 3 is 2.54 bits per heavy atom. The lowest BCUT2D eigenvalue weighted by atomic mass is 10.1. The van der Waals surface area contributed by atoms with Crippen molar-refractivity contribution in [1.82, 2.24) is 20.2 Å². The average molecular weight is 344 g/mol. The van der Waals surface area contributed by atoms with Gasteiger partial charge in [0.1, 0.15) is 6.07 Å². The fourth-order valence-corrected chi connectivity index (χ4v) is 2.73. The summed E-state index contributed by atoms with van der Waals surface area (Å²) in [5, 5.41) is 20.9. The molecule has 0 saturated heterocycles. The number of nitrogens with zero attached hydrogens (tertiary/aromatic N) is 4. The summed E-state index contributed by atoms with van der Waals surface area (Å²) in [6.45, 7) is 4.05. The van der Waals surface area contributed by atoms with Crippen LogP contribution in [0.15, 0.2) is 47.1 Å². The third-order valence-corrected chi connectivity index (χ3v) is 3.92. The number of aromatic nitrogens is 4. The molecule has 4 rings (SSSR count). The van der Waals surface area contributed by atoms with Crippen LogP contribution < -0.4 is 5.32 Å². The summed E-state index contributed by atoms with van der Waals surface area (Å²) < 4.78 is 5.81. The second kappa shape index (κ2) is 6.33. The van der Waals surface area contributed by atoms with Gasteiger partial charge in [0.25, 0.3) is 0 Å². The van der Waals surface area contributed by atoms with Gasteiger partial charge in [0.15, 0.2) is 0 Å². The lowest BCUT2D eigenvalue weighted by molar-refractivity contribution is 0.584. The van der Waals surface area contributed by atoms with Crippen LogP contribution in [0.1, 0.15) is 19.4 Å². The van der Waals surface area contributed by atoms with Gasteiger partial charge in [0, 0.05) is 17.2 Å². The molecular formula is C19H16N6O. The minimum Gasteiger partial charge on any atom is -0.416 e. The third kappa shape index (κ3) is 2.89. The summed E-state index contributed by atoms with van der Waals surface area (Å²) in [5.74, 6) is 0.780. The minimum absolute atomic E-state index is 0.236. The highest BCUT2D eigenvalue weighted by atomic mass is 16.4. The van der Waals surface area contributed by atoms with Crippen molar-refractivity contribution in [2.45, 2.75) is 19.9 Å². The summed E-state index contributed by atoms with van der Waals surface area (Å²) in [7, 11) is 0. The largest absolute Gasteiger partial charge is 0.416 e. The molecule has 0 aliphatic rings. The molecule has 7 nitrogen and oxygen atoms in total. The zero-order valence-electron chi connectivity index (χ0n) is 14.3. The van der Waals surface area contributed by atoms with Crippen LogP contribution in [0.4, 0.5) is 5.69 Å². The molecule has 0 aliphatic heterocycles. The Morgan fingerprint density at radius 2 is 1.81 bits per heavy atom. The van der Waals surface area contributed by atoms with Crippen molar-refractivity contribution in [2.24, 2.45) is 0 Å². The van der Waals surface area contributed by atoms with E-state index >= 15 is 0 Å². The van der Waals surface area contributed by atoms with E-state index in [1.165, 1.54) is 0 Å². The molecule has 7 heteroatoms. The number of nitriles is 1. The topological polar surface area (TPSA) is 103 Å². The predicted molar refractivity (Wildman–Crippen MR) is 98.3 cm³/mol. The quantitative estimate of drug-likeness (QED) is 0.580. The van der Waals surface area contributed by atoms with Gasteiger partial charge in [0.05, 0.1) is 28.6 Å². The number of fused-ring (bicyclic) bond motifs is 1. The Morgan fingerprint density at radius 1 is 1.08 bits per heavy atom. The average Bonchev–Trinajstić information content (AvgIpc) is 3.30. The molecule has 0 spiro atoms. The summed E-state index contributed by atoms with van der Waals surface area (Å²) in [6, 6.07) is 13.6. The first-order valence-electron chi connectivity index (χ1n) is 8.22. The molecule has 0 atom stereocenters. The standard InChI is InChI=1S/C19H16N6O/c1-11(2)23-15-5-3-12(7-14(15)9-20)18-24-25-19(26-18)13-4-6-16-17(8-13)22-10-21-16/h3-8,10-11,23H,1-2H3,(H,21,22). The number of rotatable bonds is 4. The van der Waals surface area contributed by atoms with Crippen LogP contribution in [0.3, 0.4) is 0 Å². The van der Waals surface area contributed by atoms with E-state index in [-0.39, 0.29) is 6.04 Å². The van der Waals surface area contributed by atoms with Gasteiger partial charge >= 0.3 is 0 Å². The first-order chi connectivity index (χ1) is 12.6. The monoisotopic (exact) mass is 344 g/mol. The summed E-state index contributed by atoms with van der Waals surface area (Å²) in [6.07, 6.45) is 1.64. The molecule has 0 amide bonds. The molecule has 2 aromatic carbocycles. The van der Waals surface area contributed by atoms with E-state index in [4.69, 9.17) is 4.42 Å². The van der Waals surface area contributed by atoms with Gasteiger partial charge in [-0.25, -0.2) is 4.98 Å². The molecule has 0 unspecified atom stereocenters. The molecule has 0 aliphatic carbocycles. The predicted octanol–water partition coefficient (Wildman–Crippen LogP) is 3.97. The molecule has 4 aromatic rings. The Balaban J connectivity index is 1.68. The maximum Gasteiger partial charge on any atom is 0.248 e. The SMILES string of the molecule is CC(C)Nc1ccc(-c2nnc(-c3ccc4[nH]cnc4c3)o2)cc1C#N. The van der Waals surface area contributed by atoms with Gasteiger partial charge < -0.3 is 14.7 Å². The van der Waals surface area contributed by atoms with Crippen LogP contribution in [0.25, 0.3) is 33.9 Å². The van der Waals surface area contributed by atoms with Crippen molar-refractivity contribution in [3.8, 4) is 29.0 Å². The highest BCUT2D eigenvalue weighted by Crippen LogP contribution is 2.28. The van der Waals surface area contributed by atoms with E-state index in [0.717, 1.165) is 22.3 Å². The Hall–Kier alpha value is -3.66. The van der Waals surface area contributed by atoms with Gasteiger partial charge in [-0.3, -0.25) is 0 Å². The molecule has 0 radical (unpaired) electrons. The van der Waals surface area contributed by atoms with Crippen LogP contribution in [-0.2, 0) is 0 Å². The first kappa shape index (κ1) is 15.8. The molecule has 0 bridgehead atoms. The molecule has 2 aromatic heterocycles. The Bertz CT molecular complexity index is 1120. The highest BCUT2D eigenvalue weighted by Gasteiger charge is 2.13. The van der Waals surface area contributed by atoms with Gasteiger partial charge in [-0.1, -0.05) is 0 Å². The minimum atomic E-state index is 0.236. The Kier molecular flexibility index (Phi) is 3.86. The highest BCUT2D eigenvalue weighted by molar-refractivity contribution is 5.79. The van der Waals surface area contributed by atoms with Crippen molar-refractivity contribution in [2.75, 3.05) is 5.32 Å². The normalized spacial score (nSPS) is 11.0. The first-order valence-corrected chi connectivity index (χ1v) is 8.22. The molecule has 0 saturated carbocycles. The number of hydrogen-bond acceptors (Lipinski definition) is 6. The van der Waals surface area contributed by atoms with E-state index in [0.29, 0.717) is 22.9 Å². The van der Waals surface area contributed by atoms with E-state index in [9.17, 15) is 5.26 Å². The van der Waals surface area contributed by atoms with E-state index in [1.54, 1.807) is 12.4 Å². The van der Waals surface area contributed by atoms with Crippen LogP contribution in [0, 0.1) is 11.3 Å². The summed E-state index contributed by atoms with van der Waals surface area (Å²) in [5.41, 5.74) is 4.60. The van der Waals surface area contributed by atoms with Gasteiger partial charge in [0.2, 0.25) is 11.8 Å². The van der Waals surface area contributed by atoms with Gasteiger partial charge in [-0.15, -0.1) is 10.2 Å². The molecule has 0 fully saturated rings. The number of anilines is 1. The van der Waals surface area contributed by atoms with Gasteiger partial charge in [-0.05, 0) is 50.2 Å². The number of H-pyrrole nitrogens is 1. The lowest BCUT2D eigenvalue weighted by Gasteiger charge is -2.11. The van der Waals surface area contributed by atoms with Crippen molar-refractivity contribution in [1.29, 1.82) is 5.26 Å². The van der Waals surface area contributed by atoms with Crippen molar-refractivity contribution in [3.63, 3.8) is 0 Å². The summed E-state index contributed by atoms with van der Waals surface area (Å²) >= 11 is 0. The smallest absolute Gasteiger partial charge is 0.248 e. The van der Waals surface area contributed by atoms with E-state index in [1.807, 2.05) is 44.2 Å². The van der Waals surface area contributed by atoms with E-state index < -0.39 is 0 Å². The fourth-order valence-electron chi connectivity index (χ4n) is 2.73. The molecule has 2 heterocycles. The number of nitrogens with one attached hydrogen (secondary N) is 2. The Labute approximate surface area is 149 Å². The van der Waals surface area contributed by atoms with Crippen LogP contribution in [-0.4, -0.2) is 26.2 Å². The second-order valence-electron chi connectivity index (χ2n) is 6.22. The molecule has 26 heavy (non-hydrogen) atoms. The van der Waals surface area contributed by atoms with E-state index in [2.05, 4.69) is 31.6 Å².